The van der Waals surface area contributed by atoms with Crippen LogP contribution in [0.4, 0.5) is 0 Å². The first-order valence-corrected chi connectivity index (χ1v) is 9.96. The van der Waals surface area contributed by atoms with Crippen molar-refractivity contribution in [2.24, 2.45) is 0 Å². The van der Waals surface area contributed by atoms with Gasteiger partial charge in [-0.3, -0.25) is 4.79 Å². The molecule has 4 rings (SSSR count). The summed E-state index contributed by atoms with van der Waals surface area (Å²) in [7, 11) is 0. The maximum atomic E-state index is 12.7. The molecule has 2 heterocycles. The van der Waals surface area contributed by atoms with E-state index >= 15 is 0 Å². The van der Waals surface area contributed by atoms with Crippen LogP contribution in [0.15, 0.2) is 54.6 Å². The number of benzene rings is 2. The first-order valence-electron chi connectivity index (χ1n) is 8.77. The predicted octanol–water partition coefficient (Wildman–Crippen LogP) is 5.03. The SMILES string of the molecule is O=C(NCC1(c2ccc(Cl)cc2)CCOCC1)c1cc2ccccc2s1. The van der Waals surface area contributed by atoms with Gasteiger partial charge in [0.25, 0.3) is 5.91 Å². The number of carbonyl (C=O) groups is 1. The van der Waals surface area contributed by atoms with Crippen molar-refractivity contribution < 1.29 is 9.53 Å². The van der Waals surface area contributed by atoms with E-state index in [9.17, 15) is 4.79 Å². The summed E-state index contributed by atoms with van der Waals surface area (Å²) in [5, 5.41) is 5.01. The molecular formula is C21H20ClNO2S. The van der Waals surface area contributed by atoms with E-state index in [-0.39, 0.29) is 11.3 Å². The zero-order valence-corrected chi connectivity index (χ0v) is 15.9. The predicted molar refractivity (Wildman–Crippen MR) is 107 cm³/mol. The van der Waals surface area contributed by atoms with Crippen LogP contribution in [0.1, 0.15) is 28.1 Å². The molecule has 0 aliphatic carbocycles. The molecular weight excluding hydrogens is 366 g/mol. The first kappa shape index (κ1) is 17.5. The Bertz CT molecular complexity index is 880. The smallest absolute Gasteiger partial charge is 0.261 e. The second kappa shape index (κ2) is 7.39. The minimum absolute atomic E-state index is 0.00831. The third-order valence-corrected chi connectivity index (χ3v) is 6.51. The van der Waals surface area contributed by atoms with Crippen LogP contribution in [0.3, 0.4) is 0 Å². The number of nitrogens with one attached hydrogen (secondary N) is 1. The van der Waals surface area contributed by atoms with E-state index in [1.807, 2.05) is 42.5 Å². The number of amides is 1. The topological polar surface area (TPSA) is 38.3 Å². The molecule has 1 saturated heterocycles. The molecule has 1 N–H and O–H groups in total. The third kappa shape index (κ3) is 3.50. The third-order valence-electron chi connectivity index (χ3n) is 5.14. The van der Waals surface area contributed by atoms with Crippen LogP contribution in [0.25, 0.3) is 10.1 Å². The van der Waals surface area contributed by atoms with Gasteiger partial charge in [0, 0.05) is 34.9 Å². The molecule has 3 nitrogen and oxygen atoms in total. The standard InChI is InChI=1S/C21H20ClNO2S/c22-17-7-5-16(6-8-17)21(9-11-25-12-10-21)14-23-20(24)19-13-15-3-1-2-4-18(15)26-19/h1-8,13H,9-12,14H2,(H,23,24). The van der Waals surface area contributed by atoms with Gasteiger partial charge in [0.1, 0.15) is 0 Å². The fourth-order valence-electron chi connectivity index (χ4n) is 3.56. The van der Waals surface area contributed by atoms with Gasteiger partial charge in [-0.15, -0.1) is 11.3 Å². The molecule has 1 aromatic heterocycles. The highest BCUT2D eigenvalue weighted by molar-refractivity contribution is 7.20. The van der Waals surface area contributed by atoms with Gasteiger partial charge in [-0.25, -0.2) is 0 Å². The fourth-order valence-corrected chi connectivity index (χ4v) is 4.67. The van der Waals surface area contributed by atoms with Gasteiger partial charge < -0.3 is 10.1 Å². The maximum Gasteiger partial charge on any atom is 0.261 e. The van der Waals surface area contributed by atoms with Crippen LogP contribution in [0.5, 0.6) is 0 Å². The van der Waals surface area contributed by atoms with Gasteiger partial charge in [-0.2, -0.15) is 0 Å². The number of ether oxygens (including phenoxy) is 1. The Morgan fingerprint density at radius 1 is 1.12 bits per heavy atom. The Morgan fingerprint density at radius 2 is 1.85 bits per heavy atom. The molecule has 2 aromatic carbocycles. The molecule has 0 atom stereocenters. The van der Waals surface area contributed by atoms with E-state index in [1.54, 1.807) is 0 Å². The lowest BCUT2D eigenvalue weighted by Crippen LogP contribution is -2.44. The maximum absolute atomic E-state index is 12.7. The van der Waals surface area contributed by atoms with Crippen molar-refractivity contribution in [2.75, 3.05) is 19.8 Å². The molecule has 3 aromatic rings. The average molecular weight is 386 g/mol. The van der Waals surface area contributed by atoms with Crippen molar-refractivity contribution >= 4 is 38.9 Å². The summed E-state index contributed by atoms with van der Waals surface area (Å²) in [5.74, 6) is -0.00831. The van der Waals surface area contributed by atoms with Crippen molar-refractivity contribution in [3.05, 3.63) is 70.1 Å². The van der Waals surface area contributed by atoms with Gasteiger partial charge in [-0.1, -0.05) is 41.9 Å². The minimum atomic E-state index is -0.102. The molecule has 0 unspecified atom stereocenters. The largest absolute Gasteiger partial charge is 0.381 e. The summed E-state index contributed by atoms with van der Waals surface area (Å²) in [4.78, 5) is 13.5. The van der Waals surface area contributed by atoms with Crippen molar-refractivity contribution in [3.8, 4) is 0 Å². The van der Waals surface area contributed by atoms with Gasteiger partial charge in [0.2, 0.25) is 0 Å². The first-order chi connectivity index (χ1) is 12.7. The number of thiophene rings is 1. The Labute approximate surface area is 161 Å². The fraction of sp³-hybridized carbons (Fsp3) is 0.286. The number of hydrogen-bond donors (Lipinski definition) is 1. The summed E-state index contributed by atoms with van der Waals surface area (Å²) >= 11 is 7.58. The molecule has 1 fully saturated rings. The van der Waals surface area contributed by atoms with Crippen molar-refractivity contribution in [3.63, 3.8) is 0 Å². The van der Waals surface area contributed by atoms with E-state index in [4.69, 9.17) is 16.3 Å². The van der Waals surface area contributed by atoms with Crippen molar-refractivity contribution in [1.82, 2.24) is 5.32 Å². The van der Waals surface area contributed by atoms with Crippen LogP contribution in [-0.2, 0) is 10.2 Å². The van der Waals surface area contributed by atoms with Gasteiger partial charge in [0.05, 0.1) is 4.88 Å². The summed E-state index contributed by atoms with van der Waals surface area (Å²) in [6, 6.07) is 18.0. The van der Waals surface area contributed by atoms with Crippen LogP contribution in [0, 0.1) is 0 Å². The highest BCUT2D eigenvalue weighted by atomic mass is 35.5. The molecule has 0 bridgehead atoms. The van der Waals surface area contributed by atoms with Crippen LogP contribution >= 0.6 is 22.9 Å². The monoisotopic (exact) mass is 385 g/mol. The Kier molecular flexibility index (Phi) is 4.98. The second-order valence-corrected chi connectivity index (χ2v) is 8.25. The van der Waals surface area contributed by atoms with E-state index in [0.717, 1.165) is 32.8 Å². The minimum Gasteiger partial charge on any atom is -0.381 e. The number of rotatable bonds is 4. The number of fused-ring (bicyclic) bond motifs is 1. The normalized spacial score (nSPS) is 16.5. The molecule has 0 radical (unpaired) electrons. The van der Waals surface area contributed by atoms with Crippen LogP contribution < -0.4 is 5.32 Å². The number of hydrogen-bond acceptors (Lipinski definition) is 3. The highest BCUT2D eigenvalue weighted by Crippen LogP contribution is 2.35. The molecule has 0 spiro atoms. The van der Waals surface area contributed by atoms with E-state index in [1.165, 1.54) is 16.9 Å². The molecule has 26 heavy (non-hydrogen) atoms. The summed E-state index contributed by atoms with van der Waals surface area (Å²) < 4.78 is 6.70. The summed E-state index contributed by atoms with van der Waals surface area (Å²) in [5.41, 5.74) is 1.11. The Hall–Kier alpha value is -1.88. The molecule has 134 valence electrons. The van der Waals surface area contributed by atoms with E-state index in [0.29, 0.717) is 19.8 Å². The summed E-state index contributed by atoms with van der Waals surface area (Å²) in [6.07, 6.45) is 1.78. The molecule has 5 heteroatoms. The summed E-state index contributed by atoms with van der Waals surface area (Å²) in [6.45, 7) is 2.02. The van der Waals surface area contributed by atoms with Gasteiger partial charge in [-0.05, 0) is 48.1 Å². The van der Waals surface area contributed by atoms with Crippen LogP contribution in [-0.4, -0.2) is 25.7 Å². The molecule has 1 aliphatic heterocycles. The van der Waals surface area contributed by atoms with Crippen molar-refractivity contribution in [2.45, 2.75) is 18.3 Å². The zero-order valence-electron chi connectivity index (χ0n) is 14.3. The Balaban J connectivity index is 1.54. The highest BCUT2D eigenvalue weighted by Gasteiger charge is 2.35. The number of halogens is 1. The Morgan fingerprint density at radius 3 is 2.58 bits per heavy atom. The second-order valence-electron chi connectivity index (χ2n) is 6.73. The number of carbonyl (C=O) groups excluding carboxylic acids is 1. The lowest BCUT2D eigenvalue weighted by atomic mass is 9.74. The van der Waals surface area contributed by atoms with E-state index in [2.05, 4.69) is 17.4 Å². The molecule has 0 saturated carbocycles. The lowest BCUT2D eigenvalue weighted by molar-refractivity contribution is 0.0487. The average Bonchev–Trinajstić information content (AvgIpc) is 3.12. The quantitative estimate of drug-likeness (QED) is 0.683. The van der Waals surface area contributed by atoms with E-state index < -0.39 is 0 Å². The van der Waals surface area contributed by atoms with Crippen molar-refractivity contribution in [1.29, 1.82) is 0 Å². The van der Waals surface area contributed by atoms with Gasteiger partial charge >= 0.3 is 0 Å². The zero-order chi connectivity index (χ0) is 18.0. The lowest BCUT2D eigenvalue weighted by Gasteiger charge is -2.38. The molecule has 1 amide bonds. The molecule has 1 aliphatic rings. The van der Waals surface area contributed by atoms with Gasteiger partial charge in [0.15, 0.2) is 0 Å². The van der Waals surface area contributed by atoms with Crippen LogP contribution in [0.2, 0.25) is 5.02 Å².